The van der Waals surface area contributed by atoms with Gasteiger partial charge in [-0.05, 0) is 50.2 Å². The zero-order valence-corrected chi connectivity index (χ0v) is 19.7. The Hall–Kier alpha value is -2.77. The third kappa shape index (κ3) is 5.64. The molecule has 0 fully saturated rings. The third-order valence-corrected chi connectivity index (χ3v) is 5.74. The summed E-state index contributed by atoms with van der Waals surface area (Å²) in [5, 5.41) is 8.61. The maximum atomic E-state index is 12.4. The lowest BCUT2D eigenvalue weighted by atomic mass is 10.1. The predicted molar refractivity (Wildman–Crippen MR) is 130 cm³/mol. The highest BCUT2D eigenvalue weighted by Gasteiger charge is 2.07. The van der Waals surface area contributed by atoms with Crippen LogP contribution in [0.15, 0.2) is 91.9 Å². The SMILES string of the molecule is CC(=NNC(=O)c1ccc(NN=C(C)c2ccccc2Br)cc1)c1ccccc1Br. The van der Waals surface area contributed by atoms with Crippen molar-refractivity contribution < 1.29 is 4.79 Å². The van der Waals surface area contributed by atoms with Gasteiger partial charge in [0.15, 0.2) is 0 Å². The lowest BCUT2D eigenvalue weighted by molar-refractivity contribution is 0.0955. The number of anilines is 1. The van der Waals surface area contributed by atoms with Gasteiger partial charge in [-0.15, -0.1) is 0 Å². The number of carbonyl (C=O) groups excluding carboxylic acids is 1. The molecule has 0 radical (unpaired) electrons. The number of nitrogens with one attached hydrogen (secondary N) is 2. The van der Waals surface area contributed by atoms with Crippen LogP contribution in [-0.2, 0) is 0 Å². The molecule has 0 aromatic heterocycles. The van der Waals surface area contributed by atoms with Crippen LogP contribution in [0.3, 0.4) is 0 Å². The van der Waals surface area contributed by atoms with Crippen LogP contribution in [0.5, 0.6) is 0 Å². The van der Waals surface area contributed by atoms with Gasteiger partial charge in [0.2, 0.25) is 0 Å². The molecule has 0 bridgehead atoms. The van der Waals surface area contributed by atoms with Crippen LogP contribution < -0.4 is 10.9 Å². The second-order valence-corrected chi connectivity index (χ2v) is 8.19. The minimum absolute atomic E-state index is 0.277. The molecule has 0 saturated heterocycles. The highest BCUT2D eigenvalue weighted by atomic mass is 79.9. The van der Waals surface area contributed by atoms with Crippen molar-refractivity contribution >= 4 is 54.9 Å². The summed E-state index contributed by atoms with van der Waals surface area (Å²) in [6.45, 7) is 3.78. The van der Waals surface area contributed by atoms with Crippen molar-refractivity contribution in [3.63, 3.8) is 0 Å². The van der Waals surface area contributed by atoms with E-state index < -0.39 is 0 Å². The van der Waals surface area contributed by atoms with Crippen LogP contribution in [0.1, 0.15) is 35.3 Å². The molecule has 1 amide bonds. The normalized spacial score (nSPS) is 11.9. The van der Waals surface area contributed by atoms with Gasteiger partial charge in [-0.25, -0.2) is 5.43 Å². The number of hydrazone groups is 2. The molecule has 3 rings (SSSR count). The number of benzene rings is 3. The van der Waals surface area contributed by atoms with Crippen LogP contribution in [0.4, 0.5) is 5.69 Å². The molecular weight excluding hydrogens is 508 g/mol. The first-order valence-electron chi connectivity index (χ1n) is 9.20. The summed E-state index contributed by atoms with van der Waals surface area (Å²) in [7, 11) is 0. The summed E-state index contributed by atoms with van der Waals surface area (Å²) < 4.78 is 1.91. The van der Waals surface area contributed by atoms with E-state index in [0.717, 1.165) is 31.5 Å². The Morgan fingerprint density at radius 2 is 1.23 bits per heavy atom. The molecule has 0 aliphatic carbocycles. The van der Waals surface area contributed by atoms with Gasteiger partial charge >= 0.3 is 0 Å². The number of hydrogen-bond acceptors (Lipinski definition) is 4. The summed E-state index contributed by atoms with van der Waals surface area (Å²) in [6.07, 6.45) is 0. The molecule has 30 heavy (non-hydrogen) atoms. The average Bonchev–Trinajstić information content (AvgIpc) is 2.76. The van der Waals surface area contributed by atoms with Crippen molar-refractivity contribution in [2.45, 2.75) is 13.8 Å². The van der Waals surface area contributed by atoms with Gasteiger partial charge in [0, 0.05) is 25.6 Å². The van der Waals surface area contributed by atoms with E-state index in [4.69, 9.17) is 0 Å². The Morgan fingerprint density at radius 1 is 0.733 bits per heavy atom. The standard InChI is InChI=1S/C23H20Br2N4O/c1-15(19-7-3-5-9-21(19)24)26-28-18-13-11-17(12-14-18)23(30)29-27-16(2)20-8-4-6-10-22(20)25/h3-14,28H,1-2H3,(H,29,30). The van der Waals surface area contributed by atoms with Gasteiger partial charge in [-0.2, -0.15) is 10.2 Å². The topological polar surface area (TPSA) is 65.8 Å². The molecule has 3 aromatic rings. The minimum Gasteiger partial charge on any atom is -0.278 e. The number of carbonyl (C=O) groups is 1. The van der Waals surface area contributed by atoms with Crippen LogP contribution in [0, 0.1) is 0 Å². The molecule has 0 saturated carbocycles. The molecule has 3 aromatic carbocycles. The predicted octanol–water partition coefficient (Wildman–Crippen LogP) is 6.20. The third-order valence-electron chi connectivity index (χ3n) is 4.35. The van der Waals surface area contributed by atoms with Crippen molar-refractivity contribution in [1.29, 1.82) is 0 Å². The van der Waals surface area contributed by atoms with E-state index in [-0.39, 0.29) is 5.91 Å². The summed E-state index contributed by atoms with van der Waals surface area (Å²) in [5.74, 6) is -0.277. The number of hydrogen-bond donors (Lipinski definition) is 2. The van der Waals surface area contributed by atoms with E-state index in [1.54, 1.807) is 24.3 Å². The first-order chi connectivity index (χ1) is 14.5. The molecule has 0 aliphatic heterocycles. The number of amides is 1. The van der Waals surface area contributed by atoms with Gasteiger partial charge in [-0.1, -0.05) is 68.3 Å². The number of nitrogens with zero attached hydrogens (tertiary/aromatic N) is 2. The fourth-order valence-electron chi connectivity index (χ4n) is 2.67. The lowest BCUT2D eigenvalue weighted by Crippen LogP contribution is -2.19. The fraction of sp³-hybridized carbons (Fsp3) is 0.0870. The molecule has 0 spiro atoms. The summed E-state index contributed by atoms with van der Waals surface area (Å²) in [4.78, 5) is 12.4. The van der Waals surface area contributed by atoms with E-state index in [1.165, 1.54) is 0 Å². The van der Waals surface area contributed by atoms with E-state index in [1.807, 2.05) is 62.4 Å². The van der Waals surface area contributed by atoms with Gasteiger partial charge < -0.3 is 0 Å². The number of halogens is 2. The molecule has 0 aliphatic rings. The monoisotopic (exact) mass is 526 g/mol. The average molecular weight is 528 g/mol. The summed E-state index contributed by atoms with van der Waals surface area (Å²) in [6, 6.07) is 22.7. The van der Waals surface area contributed by atoms with Crippen molar-refractivity contribution in [3.05, 3.63) is 98.4 Å². The Bertz CT molecular complexity index is 1110. The quantitative estimate of drug-likeness (QED) is 0.296. The maximum absolute atomic E-state index is 12.4. The van der Waals surface area contributed by atoms with E-state index >= 15 is 0 Å². The highest BCUT2D eigenvalue weighted by molar-refractivity contribution is 9.10. The molecule has 5 nitrogen and oxygen atoms in total. The molecule has 7 heteroatoms. The van der Waals surface area contributed by atoms with E-state index in [2.05, 4.69) is 52.9 Å². The molecular formula is C23H20Br2N4O. The van der Waals surface area contributed by atoms with Gasteiger partial charge in [0.1, 0.15) is 0 Å². The Morgan fingerprint density at radius 3 is 1.77 bits per heavy atom. The van der Waals surface area contributed by atoms with E-state index in [9.17, 15) is 4.79 Å². The van der Waals surface area contributed by atoms with Crippen LogP contribution in [-0.4, -0.2) is 17.3 Å². The lowest BCUT2D eigenvalue weighted by Gasteiger charge is -2.07. The maximum Gasteiger partial charge on any atom is 0.271 e. The fourth-order valence-corrected chi connectivity index (χ4v) is 3.82. The van der Waals surface area contributed by atoms with Crippen LogP contribution in [0.2, 0.25) is 0 Å². The van der Waals surface area contributed by atoms with Gasteiger partial charge in [0.05, 0.1) is 17.1 Å². The highest BCUT2D eigenvalue weighted by Crippen LogP contribution is 2.18. The zero-order chi connectivity index (χ0) is 21.5. The van der Waals surface area contributed by atoms with Crippen molar-refractivity contribution in [2.75, 3.05) is 5.43 Å². The largest absolute Gasteiger partial charge is 0.278 e. The summed E-state index contributed by atoms with van der Waals surface area (Å²) >= 11 is 7.01. The van der Waals surface area contributed by atoms with E-state index in [0.29, 0.717) is 11.3 Å². The van der Waals surface area contributed by atoms with Crippen molar-refractivity contribution in [3.8, 4) is 0 Å². The number of rotatable bonds is 6. The molecule has 2 N–H and O–H groups in total. The summed E-state index contributed by atoms with van der Waals surface area (Å²) in [5.41, 5.74) is 10.4. The second-order valence-electron chi connectivity index (χ2n) is 6.48. The first-order valence-corrected chi connectivity index (χ1v) is 10.8. The smallest absolute Gasteiger partial charge is 0.271 e. The molecule has 152 valence electrons. The Balaban J connectivity index is 1.63. The first kappa shape index (κ1) is 21.9. The van der Waals surface area contributed by atoms with Crippen LogP contribution >= 0.6 is 31.9 Å². The van der Waals surface area contributed by atoms with Crippen molar-refractivity contribution in [2.24, 2.45) is 10.2 Å². The zero-order valence-electron chi connectivity index (χ0n) is 16.5. The minimum atomic E-state index is -0.277. The van der Waals surface area contributed by atoms with Gasteiger partial charge in [0.25, 0.3) is 5.91 Å². The Kier molecular flexibility index (Phi) is 7.54. The van der Waals surface area contributed by atoms with Crippen LogP contribution in [0.25, 0.3) is 0 Å². The second kappa shape index (κ2) is 10.3. The van der Waals surface area contributed by atoms with Gasteiger partial charge in [-0.3, -0.25) is 10.2 Å². The Labute approximate surface area is 192 Å². The molecule has 0 heterocycles. The molecule has 0 unspecified atom stereocenters. The van der Waals surface area contributed by atoms with Crippen molar-refractivity contribution in [1.82, 2.24) is 5.43 Å². The molecule has 0 atom stereocenters.